The zero-order valence-electron chi connectivity index (χ0n) is 9.91. The van der Waals surface area contributed by atoms with Crippen molar-refractivity contribution in [3.05, 3.63) is 0 Å². The number of hydrogen-bond acceptors (Lipinski definition) is 3. The van der Waals surface area contributed by atoms with E-state index in [9.17, 15) is 9.90 Å². The van der Waals surface area contributed by atoms with Gasteiger partial charge in [-0.3, -0.25) is 4.79 Å². The molecule has 0 bridgehead atoms. The van der Waals surface area contributed by atoms with Crippen molar-refractivity contribution in [3.63, 3.8) is 0 Å². The molecule has 0 heterocycles. The van der Waals surface area contributed by atoms with Crippen LogP contribution in [0.25, 0.3) is 0 Å². The maximum Gasteiger partial charge on any atom is 0.303 e. The van der Waals surface area contributed by atoms with Crippen molar-refractivity contribution in [2.75, 3.05) is 0 Å². The molecular weight excluding hydrogens is 192 g/mol. The van der Waals surface area contributed by atoms with E-state index >= 15 is 0 Å². The second-order valence-corrected chi connectivity index (χ2v) is 5.93. The van der Waals surface area contributed by atoms with Gasteiger partial charge in [0.1, 0.15) is 6.10 Å². The minimum Gasteiger partial charge on any atom is -0.459 e. The number of esters is 1. The van der Waals surface area contributed by atoms with E-state index in [2.05, 4.69) is 13.8 Å². The number of carbonyl (C=O) groups is 1. The van der Waals surface area contributed by atoms with Gasteiger partial charge in [0.15, 0.2) is 0 Å². The predicted octanol–water partition coefficient (Wildman–Crippen LogP) is 1.74. The molecule has 0 amide bonds. The summed E-state index contributed by atoms with van der Waals surface area (Å²) < 4.78 is 5.21. The molecule has 0 aromatic carbocycles. The van der Waals surface area contributed by atoms with Crippen molar-refractivity contribution < 1.29 is 14.6 Å². The van der Waals surface area contributed by atoms with E-state index in [1.165, 1.54) is 6.92 Å². The summed E-state index contributed by atoms with van der Waals surface area (Å²) in [5.74, 6) is 0.915. The van der Waals surface area contributed by atoms with Crippen LogP contribution >= 0.6 is 0 Å². The molecule has 3 nitrogen and oxygen atoms in total. The van der Waals surface area contributed by atoms with Crippen molar-refractivity contribution >= 4 is 5.97 Å². The van der Waals surface area contributed by atoms with Crippen LogP contribution in [0.3, 0.4) is 0 Å². The van der Waals surface area contributed by atoms with Gasteiger partial charge in [-0.25, -0.2) is 0 Å². The molecule has 2 aliphatic rings. The number of rotatable bonds is 1. The highest BCUT2D eigenvalue weighted by Crippen LogP contribution is 2.66. The minimum atomic E-state index is -0.847. The average Bonchev–Trinajstić information content (AvgIpc) is 2.52. The van der Waals surface area contributed by atoms with Crippen LogP contribution < -0.4 is 0 Å². The molecule has 2 aliphatic carbocycles. The zero-order valence-corrected chi connectivity index (χ0v) is 9.91. The van der Waals surface area contributed by atoms with Crippen LogP contribution in [-0.4, -0.2) is 22.8 Å². The quantitative estimate of drug-likeness (QED) is 0.673. The van der Waals surface area contributed by atoms with Gasteiger partial charge in [0, 0.05) is 6.92 Å². The highest BCUT2D eigenvalue weighted by Gasteiger charge is 2.64. The molecule has 0 aliphatic heterocycles. The molecule has 2 rings (SSSR count). The van der Waals surface area contributed by atoms with Gasteiger partial charge in [-0.15, -0.1) is 0 Å². The van der Waals surface area contributed by atoms with Gasteiger partial charge >= 0.3 is 5.97 Å². The molecule has 86 valence electrons. The lowest BCUT2D eigenvalue weighted by Gasteiger charge is -2.35. The number of ether oxygens (including phenoxy) is 1. The van der Waals surface area contributed by atoms with Crippen LogP contribution in [0.4, 0.5) is 0 Å². The monoisotopic (exact) mass is 212 g/mol. The van der Waals surface area contributed by atoms with E-state index in [0.29, 0.717) is 17.3 Å². The van der Waals surface area contributed by atoms with E-state index in [1.54, 1.807) is 6.92 Å². The Bertz CT molecular complexity index is 293. The van der Waals surface area contributed by atoms with Gasteiger partial charge in [-0.1, -0.05) is 13.8 Å². The van der Waals surface area contributed by atoms with E-state index in [4.69, 9.17) is 4.74 Å². The van der Waals surface area contributed by atoms with Crippen LogP contribution in [0.2, 0.25) is 0 Å². The Kier molecular flexibility index (Phi) is 2.16. The van der Waals surface area contributed by atoms with Gasteiger partial charge < -0.3 is 9.84 Å². The Labute approximate surface area is 90.8 Å². The first-order chi connectivity index (χ1) is 6.75. The maximum absolute atomic E-state index is 10.9. The molecule has 0 saturated heterocycles. The average molecular weight is 212 g/mol. The molecule has 0 spiro atoms. The molecule has 2 saturated carbocycles. The fourth-order valence-electron chi connectivity index (χ4n) is 3.17. The fourth-order valence-corrected chi connectivity index (χ4v) is 3.17. The van der Waals surface area contributed by atoms with E-state index in [-0.39, 0.29) is 12.1 Å². The first-order valence-electron chi connectivity index (χ1n) is 5.65. The lowest BCUT2D eigenvalue weighted by molar-refractivity contribution is -0.166. The topological polar surface area (TPSA) is 46.5 Å². The molecule has 4 atom stereocenters. The third-order valence-electron chi connectivity index (χ3n) is 4.39. The smallest absolute Gasteiger partial charge is 0.303 e. The van der Waals surface area contributed by atoms with E-state index in [1.807, 2.05) is 0 Å². The van der Waals surface area contributed by atoms with Gasteiger partial charge in [-0.2, -0.15) is 0 Å². The van der Waals surface area contributed by atoms with Gasteiger partial charge in [0.2, 0.25) is 0 Å². The third kappa shape index (κ3) is 1.67. The lowest BCUT2D eigenvalue weighted by atomic mass is 9.84. The van der Waals surface area contributed by atoms with E-state index < -0.39 is 5.60 Å². The van der Waals surface area contributed by atoms with Crippen molar-refractivity contribution in [3.8, 4) is 0 Å². The van der Waals surface area contributed by atoms with Crippen LogP contribution in [0.15, 0.2) is 0 Å². The SMILES string of the molecule is CC(=O)O[C@@H]1C[C@H]2[C@H](C[C@@]1(C)O)C2(C)C. The van der Waals surface area contributed by atoms with Crippen LogP contribution in [0.5, 0.6) is 0 Å². The van der Waals surface area contributed by atoms with Crippen molar-refractivity contribution in [2.45, 2.75) is 52.2 Å². The standard InChI is InChI=1S/C12H20O3/c1-7(13)15-10-5-8-9(11(8,2)3)6-12(10,4)14/h8-10,14H,5-6H2,1-4H3/t8-,9-,10+,12+/m0/s1. The Morgan fingerprint density at radius 2 is 1.93 bits per heavy atom. The van der Waals surface area contributed by atoms with Crippen molar-refractivity contribution in [2.24, 2.45) is 17.3 Å². The largest absolute Gasteiger partial charge is 0.459 e. The number of aliphatic hydroxyl groups is 1. The summed E-state index contributed by atoms with van der Waals surface area (Å²) in [5, 5.41) is 10.2. The predicted molar refractivity (Wildman–Crippen MR) is 56.2 cm³/mol. The lowest BCUT2D eigenvalue weighted by Crippen LogP contribution is -2.45. The van der Waals surface area contributed by atoms with Crippen LogP contribution in [0.1, 0.15) is 40.5 Å². The number of fused-ring (bicyclic) bond motifs is 1. The Morgan fingerprint density at radius 1 is 1.33 bits per heavy atom. The Hall–Kier alpha value is -0.570. The molecular formula is C12H20O3. The first kappa shape index (κ1) is 10.9. The van der Waals surface area contributed by atoms with Crippen molar-refractivity contribution in [1.29, 1.82) is 0 Å². The summed E-state index contributed by atoms with van der Waals surface area (Å²) in [5.41, 5.74) is -0.528. The van der Waals surface area contributed by atoms with Crippen molar-refractivity contribution in [1.82, 2.24) is 0 Å². The summed E-state index contributed by atoms with van der Waals surface area (Å²) in [6.45, 7) is 7.65. The summed E-state index contributed by atoms with van der Waals surface area (Å²) in [6, 6.07) is 0. The molecule has 0 aromatic rings. The molecule has 0 aromatic heterocycles. The number of hydrogen-bond donors (Lipinski definition) is 1. The van der Waals surface area contributed by atoms with Crippen LogP contribution in [-0.2, 0) is 9.53 Å². The molecule has 15 heavy (non-hydrogen) atoms. The molecule has 3 heteroatoms. The minimum absolute atomic E-state index is 0.294. The molecule has 0 unspecified atom stereocenters. The molecule has 0 radical (unpaired) electrons. The second kappa shape index (κ2) is 2.97. The number of carbonyl (C=O) groups excluding carboxylic acids is 1. The first-order valence-corrected chi connectivity index (χ1v) is 5.65. The van der Waals surface area contributed by atoms with Gasteiger partial charge in [0.05, 0.1) is 5.60 Å². The second-order valence-electron chi connectivity index (χ2n) is 5.93. The summed E-state index contributed by atoms with van der Waals surface area (Å²) >= 11 is 0. The third-order valence-corrected chi connectivity index (χ3v) is 4.39. The highest BCUT2D eigenvalue weighted by molar-refractivity contribution is 5.66. The van der Waals surface area contributed by atoms with Gasteiger partial charge in [-0.05, 0) is 37.0 Å². The van der Waals surface area contributed by atoms with Crippen LogP contribution in [0, 0.1) is 17.3 Å². The van der Waals surface area contributed by atoms with Gasteiger partial charge in [0.25, 0.3) is 0 Å². The summed E-state index contributed by atoms with van der Waals surface area (Å²) in [6.07, 6.45) is 1.24. The van der Waals surface area contributed by atoms with E-state index in [0.717, 1.165) is 12.8 Å². The Balaban J connectivity index is 2.10. The summed E-state index contributed by atoms with van der Waals surface area (Å²) in [7, 11) is 0. The zero-order chi connectivity index (χ0) is 11.4. The Morgan fingerprint density at radius 3 is 2.47 bits per heavy atom. The maximum atomic E-state index is 10.9. The molecule has 1 N–H and O–H groups in total. The highest BCUT2D eigenvalue weighted by atomic mass is 16.6. The summed E-state index contributed by atoms with van der Waals surface area (Å²) in [4.78, 5) is 10.9. The molecule has 2 fully saturated rings. The normalized spacial score (nSPS) is 46.9. The fraction of sp³-hybridized carbons (Fsp3) is 0.917.